The van der Waals surface area contributed by atoms with E-state index in [9.17, 15) is 15.0 Å². The van der Waals surface area contributed by atoms with E-state index in [4.69, 9.17) is 9.47 Å². The van der Waals surface area contributed by atoms with Crippen molar-refractivity contribution < 1.29 is 24.5 Å². The highest BCUT2D eigenvalue weighted by atomic mass is 32.1. The summed E-state index contributed by atoms with van der Waals surface area (Å²) in [7, 11) is 0. The average Bonchev–Trinajstić information content (AvgIpc) is 2.73. The van der Waals surface area contributed by atoms with Crippen molar-refractivity contribution >= 4 is 29.4 Å². The van der Waals surface area contributed by atoms with Crippen LogP contribution in [-0.4, -0.2) is 34.6 Å². The Morgan fingerprint density at radius 1 is 0.964 bits per heavy atom. The second kappa shape index (κ2) is 9.48. The number of aliphatic hydroxyl groups excluding tert-OH is 1. The Hall–Kier alpha value is -2.70. The number of fused-ring (bicyclic) bond motifs is 1. The lowest BCUT2D eigenvalue weighted by atomic mass is 9.95. The van der Waals surface area contributed by atoms with Gasteiger partial charge in [-0.3, -0.25) is 4.79 Å². The molecule has 3 rings (SSSR count). The molecule has 5 nitrogen and oxygen atoms in total. The van der Waals surface area contributed by atoms with Crippen LogP contribution in [-0.2, 0) is 9.53 Å². The Kier molecular flexibility index (Phi) is 6.79. The van der Waals surface area contributed by atoms with E-state index in [1.807, 2.05) is 36.4 Å². The molecule has 0 amide bonds. The molecule has 0 radical (unpaired) electrons. The maximum atomic E-state index is 11.4. The maximum absolute atomic E-state index is 11.4. The van der Waals surface area contributed by atoms with Crippen LogP contribution in [0.1, 0.15) is 18.1 Å². The number of phenols is 1. The zero-order chi connectivity index (χ0) is 19.9. The summed E-state index contributed by atoms with van der Waals surface area (Å²) in [5.41, 5.74) is 0.634. The minimum absolute atomic E-state index is 0.00460. The minimum Gasteiger partial charge on any atom is -0.507 e. The van der Waals surface area contributed by atoms with Crippen molar-refractivity contribution in [2.45, 2.75) is 18.6 Å². The maximum Gasteiger partial charge on any atom is 0.315 e. The highest BCUT2D eigenvalue weighted by Gasteiger charge is 2.25. The summed E-state index contributed by atoms with van der Waals surface area (Å²) in [5, 5.41) is 22.6. The molecule has 28 heavy (non-hydrogen) atoms. The van der Waals surface area contributed by atoms with Crippen LogP contribution >= 0.6 is 12.6 Å². The van der Waals surface area contributed by atoms with Crippen molar-refractivity contribution in [3.8, 4) is 11.5 Å². The van der Waals surface area contributed by atoms with Gasteiger partial charge in [0.2, 0.25) is 0 Å². The number of thiol groups is 1. The van der Waals surface area contributed by atoms with Crippen molar-refractivity contribution in [2.75, 3.05) is 12.4 Å². The average molecular weight is 398 g/mol. The summed E-state index contributed by atoms with van der Waals surface area (Å²) < 4.78 is 11.1. The van der Waals surface area contributed by atoms with Crippen LogP contribution in [0.3, 0.4) is 0 Å². The number of hydrogen-bond acceptors (Lipinski definition) is 6. The number of ether oxygens (including phenoxy) is 2. The van der Waals surface area contributed by atoms with Gasteiger partial charge in [0.15, 0.2) is 0 Å². The number of para-hydroxylation sites is 1. The number of benzene rings is 3. The van der Waals surface area contributed by atoms with E-state index < -0.39 is 18.2 Å². The molecule has 2 N–H and O–H groups in total. The first-order valence-electron chi connectivity index (χ1n) is 8.97. The van der Waals surface area contributed by atoms with Crippen LogP contribution in [0.15, 0.2) is 66.7 Å². The van der Waals surface area contributed by atoms with Gasteiger partial charge in [-0.15, -0.1) is 0 Å². The standard InChI is InChI=1S/C22H22O5S/c23-19-11-10-18(16-8-4-5-9-17(16)19)22(25)20(12-13-26-21(24)14-28)27-15-6-2-1-3-7-15/h1-11,20,22-23,25,28H,12-14H2/t20-,22-/m1/s1. The van der Waals surface area contributed by atoms with E-state index in [0.29, 0.717) is 23.1 Å². The molecule has 0 bridgehead atoms. The number of aliphatic hydroxyl groups is 1. The van der Waals surface area contributed by atoms with Gasteiger partial charge < -0.3 is 19.7 Å². The number of carbonyl (C=O) groups excluding carboxylic acids is 1. The smallest absolute Gasteiger partial charge is 0.315 e. The van der Waals surface area contributed by atoms with Gasteiger partial charge in [-0.05, 0) is 29.1 Å². The first-order valence-corrected chi connectivity index (χ1v) is 9.60. The molecule has 3 aromatic rings. The van der Waals surface area contributed by atoms with E-state index in [1.54, 1.807) is 30.3 Å². The molecular formula is C22H22O5S. The second-order valence-electron chi connectivity index (χ2n) is 6.30. The molecule has 0 unspecified atom stereocenters. The van der Waals surface area contributed by atoms with Gasteiger partial charge in [-0.25, -0.2) is 0 Å². The van der Waals surface area contributed by atoms with Crippen molar-refractivity contribution in [3.63, 3.8) is 0 Å². The molecule has 0 fully saturated rings. The molecule has 146 valence electrons. The molecule has 2 atom stereocenters. The van der Waals surface area contributed by atoms with Gasteiger partial charge >= 0.3 is 5.97 Å². The van der Waals surface area contributed by atoms with Crippen LogP contribution in [0.2, 0.25) is 0 Å². The SMILES string of the molecule is O=C(CS)OCC[C@@H](Oc1ccccc1)[C@H](O)c1ccc(O)c2ccccc12. The van der Waals surface area contributed by atoms with Gasteiger partial charge in [0.25, 0.3) is 0 Å². The monoisotopic (exact) mass is 398 g/mol. The predicted octanol–water partition coefficient (Wildman–Crippen LogP) is 3.89. The Bertz CT molecular complexity index is 929. The van der Waals surface area contributed by atoms with Crippen molar-refractivity contribution in [2.24, 2.45) is 0 Å². The normalized spacial score (nSPS) is 13.1. The molecule has 0 spiro atoms. The molecule has 6 heteroatoms. The topological polar surface area (TPSA) is 76.0 Å². The number of aromatic hydroxyl groups is 1. The first kappa shape index (κ1) is 20.0. The van der Waals surface area contributed by atoms with E-state index in [2.05, 4.69) is 12.6 Å². The lowest BCUT2D eigenvalue weighted by molar-refractivity contribution is -0.141. The number of esters is 1. The van der Waals surface area contributed by atoms with Gasteiger partial charge in [-0.2, -0.15) is 12.6 Å². The van der Waals surface area contributed by atoms with Crippen molar-refractivity contribution in [1.29, 1.82) is 0 Å². The van der Waals surface area contributed by atoms with Gasteiger partial charge in [0, 0.05) is 11.8 Å². The Morgan fingerprint density at radius 2 is 1.64 bits per heavy atom. The van der Waals surface area contributed by atoms with Crippen LogP contribution in [0.4, 0.5) is 0 Å². The van der Waals surface area contributed by atoms with Gasteiger partial charge in [-0.1, -0.05) is 48.5 Å². The summed E-state index contributed by atoms with van der Waals surface area (Å²) in [6.07, 6.45) is -1.34. The summed E-state index contributed by atoms with van der Waals surface area (Å²) in [5.74, 6) is 0.325. The van der Waals surface area contributed by atoms with E-state index in [-0.39, 0.29) is 18.1 Å². The van der Waals surface area contributed by atoms with Gasteiger partial charge in [0.05, 0.1) is 12.4 Å². The molecule has 0 heterocycles. The van der Waals surface area contributed by atoms with Crippen LogP contribution in [0.25, 0.3) is 10.8 Å². The summed E-state index contributed by atoms with van der Waals surface area (Å²) >= 11 is 3.89. The molecule has 0 aliphatic carbocycles. The molecule has 0 saturated heterocycles. The van der Waals surface area contributed by atoms with E-state index in [0.717, 1.165) is 5.39 Å². The lowest BCUT2D eigenvalue weighted by Crippen LogP contribution is -2.28. The van der Waals surface area contributed by atoms with Crippen LogP contribution < -0.4 is 4.74 Å². The highest BCUT2D eigenvalue weighted by Crippen LogP contribution is 2.33. The Labute approximate surface area is 168 Å². The molecule has 0 saturated carbocycles. The van der Waals surface area contributed by atoms with E-state index in [1.165, 1.54) is 0 Å². The third-order valence-corrected chi connectivity index (χ3v) is 4.69. The number of carbonyl (C=O) groups is 1. The number of hydrogen-bond donors (Lipinski definition) is 3. The predicted molar refractivity (Wildman–Crippen MR) is 111 cm³/mol. The van der Waals surface area contributed by atoms with Gasteiger partial charge in [0.1, 0.15) is 23.7 Å². The third-order valence-electron chi connectivity index (χ3n) is 4.43. The van der Waals surface area contributed by atoms with Crippen LogP contribution in [0.5, 0.6) is 11.5 Å². The molecule has 3 aromatic carbocycles. The third kappa shape index (κ3) is 4.77. The first-order chi connectivity index (χ1) is 13.6. The molecule has 0 aliphatic rings. The van der Waals surface area contributed by atoms with Crippen molar-refractivity contribution in [3.05, 3.63) is 72.3 Å². The molecule has 0 aromatic heterocycles. The largest absolute Gasteiger partial charge is 0.507 e. The number of phenolic OH excluding ortho intramolecular Hbond substituents is 1. The van der Waals surface area contributed by atoms with Crippen molar-refractivity contribution in [1.82, 2.24) is 0 Å². The highest BCUT2D eigenvalue weighted by molar-refractivity contribution is 7.81. The summed E-state index contributed by atoms with van der Waals surface area (Å²) in [6, 6.07) is 19.7. The molecule has 0 aliphatic heterocycles. The molecular weight excluding hydrogens is 376 g/mol. The Balaban J connectivity index is 1.88. The number of rotatable bonds is 8. The fraction of sp³-hybridized carbons (Fsp3) is 0.227. The zero-order valence-corrected chi connectivity index (χ0v) is 16.1. The second-order valence-corrected chi connectivity index (χ2v) is 6.62. The zero-order valence-electron chi connectivity index (χ0n) is 15.2. The Morgan fingerprint density at radius 3 is 2.36 bits per heavy atom. The van der Waals surface area contributed by atoms with Crippen LogP contribution in [0, 0.1) is 0 Å². The summed E-state index contributed by atoms with van der Waals surface area (Å²) in [4.78, 5) is 11.4. The quantitative estimate of drug-likeness (QED) is 0.396. The fourth-order valence-corrected chi connectivity index (χ4v) is 3.15. The lowest BCUT2D eigenvalue weighted by Gasteiger charge is -2.25. The minimum atomic E-state index is -0.986. The van der Waals surface area contributed by atoms with E-state index >= 15 is 0 Å². The fourth-order valence-electron chi connectivity index (χ4n) is 3.05. The summed E-state index contributed by atoms with van der Waals surface area (Å²) in [6.45, 7) is 0.101.